The van der Waals surface area contributed by atoms with Crippen LogP contribution in [-0.4, -0.2) is 69.7 Å². The smallest absolute Gasteiger partial charge is 0.295 e. The monoisotopic (exact) mass is 508 g/mol. The van der Waals surface area contributed by atoms with Crippen molar-refractivity contribution in [1.29, 1.82) is 0 Å². The van der Waals surface area contributed by atoms with Gasteiger partial charge in [-0.15, -0.1) is 0 Å². The van der Waals surface area contributed by atoms with Gasteiger partial charge in [0.05, 0.1) is 39.5 Å². The van der Waals surface area contributed by atoms with E-state index in [4.69, 9.17) is 14.2 Å². The van der Waals surface area contributed by atoms with Crippen LogP contribution in [0.3, 0.4) is 0 Å². The van der Waals surface area contributed by atoms with E-state index in [1.807, 2.05) is 18.2 Å². The van der Waals surface area contributed by atoms with Gasteiger partial charge in [0, 0.05) is 24.1 Å². The van der Waals surface area contributed by atoms with Gasteiger partial charge in [-0.3, -0.25) is 9.59 Å². The highest BCUT2D eigenvalue weighted by Crippen LogP contribution is 2.42. The van der Waals surface area contributed by atoms with Gasteiger partial charge in [-0.05, 0) is 29.7 Å². The average Bonchev–Trinajstić information content (AvgIpc) is 3.17. The molecule has 2 saturated heterocycles. The fourth-order valence-electron chi connectivity index (χ4n) is 4.85. The molecule has 0 aromatic heterocycles. The van der Waals surface area contributed by atoms with Crippen molar-refractivity contribution in [2.45, 2.75) is 26.3 Å². The summed E-state index contributed by atoms with van der Waals surface area (Å²) in [4.78, 5) is 29.5. The van der Waals surface area contributed by atoms with Crippen molar-refractivity contribution in [3.05, 3.63) is 65.2 Å². The molecular weight excluding hydrogens is 472 g/mol. The lowest BCUT2D eigenvalue weighted by molar-refractivity contribution is -0.908. The Hall–Kier alpha value is -3.36. The summed E-state index contributed by atoms with van der Waals surface area (Å²) in [6.45, 7) is 9.23. The summed E-state index contributed by atoms with van der Waals surface area (Å²) in [6.07, 6.45) is 0.712. The summed E-state index contributed by atoms with van der Waals surface area (Å²) in [7, 11) is 1.54. The van der Waals surface area contributed by atoms with E-state index >= 15 is 0 Å². The number of carbonyl (C=O) groups excluding carboxylic acids is 2. The molecule has 4 rings (SSSR count). The van der Waals surface area contributed by atoms with Crippen LogP contribution in [-0.2, 0) is 14.3 Å². The zero-order chi connectivity index (χ0) is 26.4. The van der Waals surface area contributed by atoms with E-state index in [2.05, 4.69) is 13.8 Å². The summed E-state index contributed by atoms with van der Waals surface area (Å²) in [6, 6.07) is 13.2. The number of para-hydroxylation sites is 1. The third-order valence-corrected chi connectivity index (χ3v) is 6.79. The van der Waals surface area contributed by atoms with Gasteiger partial charge in [0.2, 0.25) is 5.78 Å². The maximum absolute atomic E-state index is 13.7. The van der Waals surface area contributed by atoms with Crippen molar-refractivity contribution >= 4 is 17.4 Å². The summed E-state index contributed by atoms with van der Waals surface area (Å²) < 4.78 is 16.7. The van der Waals surface area contributed by atoms with E-state index in [0.29, 0.717) is 48.1 Å². The lowest BCUT2D eigenvalue weighted by Crippen LogP contribution is -3.14. The minimum absolute atomic E-state index is 0.0379. The van der Waals surface area contributed by atoms with Gasteiger partial charge in [-0.1, -0.05) is 49.9 Å². The van der Waals surface area contributed by atoms with Crippen molar-refractivity contribution in [2.75, 3.05) is 53.1 Å². The van der Waals surface area contributed by atoms with Crippen LogP contribution in [0.15, 0.2) is 54.1 Å². The highest BCUT2D eigenvalue weighted by molar-refractivity contribution is 6.46. The van der Waals surface area contributed by atoms with Crippen molar-refractivity contribution in [1.82, 2.24) is 4.90 Å². The van der Waals surface area contributed by atoms with Gasteiger partial charge < -0.3 is 29.1 Å². The molecule has 8 heteroatoms. The zero-order valence-corrected chi connectivity index (χ0v) is 21.8. The summed E-state index contributed by atoms with van der Waals surface area (Å²) in [5, 5.41) is 13.7. The Morgan fingerprint density at radius 3 is 2.49 bits per heavy atom. The fourth-order valence-corrected chi connectivity index (χ4v) is 4.85. The number of nitrogens with one attached hydrogen (secondary N) is 1. The molecule has 1 N–H and O–H groups in total. The second-order valence-corrected chi connectivity index (χ2v) is 9.91. The predicted octanol–water partition coefficient (Wildman–Crippen LogP) is 1.26. The Bertz CT molecular complexity index is 1120. The molecule has 0 spiro atoms. The fraction of sp³-hybridized carbons (Fsp3) is 0.448. The molecule has 37 heavy (non-hydrogen) atoms. The number of amides is 1. The predicted molar refractivity (Wildman–Crippen MR) is 137 cm³/mol. The molecule has 0 bridgehead atoms. The maximum atomic E-state index is 13.7. The average molecular weight is 509 g/mol. The van der Waals surface area contributed by atoms with Gasteiger partial charge in [-0.25, -0.2) is 0 Å². The van der Waals surface area contributed by atoms with Crippen LogP contribution in [0.2, 0.25) is 0 Å². The van der Waals surface area contributed by atoms with Crippen molar-refractivity contribution in [2.24, 2.45) is 5.92 Å². The number of ketones is 1. The van der Waals surface area contributed by atoms with Crippen molar-refractivity contribution < 1.29 is 33.8 Å². The number of quaternary nitrogens is 1. The van der Waals surface area contributed by atoms with Crippen LogP contribution in [0.4, 0.5) is 0 Å². The van der Waals surface area contributed by atoms with Gasteiger partial charge in [-0.2, -0.15) is 0 Å². The number of hydrogen-bond acceptors (Lipinski definition) is 6. The van der Waals surface area contributed by atoms with Gasteiger partial charge in [0.15, 0.2) is 0 Å². The molecule has 0 aliphatic carbocycles. The van der Waals surface area contributed by atoms with Crippen LogP contribution in [0, 0.1) is 5.92 Å². The van der Waals surface area contributed by atoms with Crippen LogP contribution in [0.5, 0.6) is 11.5 Å². The van der Waals surface area contributed by atoms with Crippen LogP contribution in [0.25, 0.3) is 5.76 Å². The Morgan fingerprint density at radius 1 is 1.11 bits per heavy atom. The molecule has 2 aliphatic rings. The number of benzene rings is 2. The van der Waals surface area contributed by atoms with E-state index in [1.165, 1.54) is 9.80 Å². The molecule has 1 unspecified atom stereocenters. The Balaban J connectivity index is 1.65. The van der Waals surface area contributed by atoms with E-state index in [9.17, 15) is 14.7 Å². The molecule has 2 fully saturated rings. The third-order valence-electron chi connectivity index (χ3n) is 6.79. The van der Waals surface area contributed by atoms with Crippen LogP contribution >= 0.6 is 0 Å². The molecular formula is C29H36N2O6. The number of Topliss-reactive ketones (excluding diaryl/α,β-unsaturated/α-hetero) is 1. The maximum Gasteiger partial charge on any atom is 0.295 e. The van der Waals surface area contributed by atoms with E-state index in [0.717, 1.165) is 32.8 Å². The molecule has 0 radical (unpaired) electrons. The first-order chi connectivity index (χ1) is 17.9. The molecule has 198 valence electrons. The van der Waals surface area contributed by atoms with Gasteiger partial charge in [0.25, 0.3) is 5.91 Å². The first-order valence-corrected chi connectivity index (χ1v) is 12.9. The molecule has 2 heterocycles. The lowest BCUT2D eigenvalue weighted by Gasteiger charge is -2.29. The second kappa shape index (κ2) is 12.3. The van der Waals surface area contributed by atoms with E-state index < -0.39 is 23.5 Å². The van der Waals surface area contributed by atoms with Crippen molar-refractivity contribution in [3.8, 4) is 11.5 Å². The Labute approximate surface area is 218 Å². The SMILES string of the molecule is COc1ccccc1C1/C(=C(\[O-])c2ccc(OCC(C)C)cc2)C(=O)C(=O)N1CCC[NH+]1CCOCC1. The Morgan fingerprint density at radius 2 is 1.81 bits per heavy atom. The lowest BCUT2D eigenvalue weighted by atomic mass is 9.94. The van der Waals surface area contributed by atoms with Crippen LogP contribution < -0.4 is 19.5 Å². The normalized spacial score (nSPS) is 20.0. The molecule has 2 aliphatic heterocycles. The summed E-state index contributed by atoms with van der Waals surface area (Å²) in [5.41, 5.74) is 0.930. The van der Waals surface area contributed by atoms with Crippen LogP contribution in [0.1, 0.15) is 37.4 Å². The van der Waals surface area contributed by atoms with Crippen molar-refractivity contribution in [3.63, 3.8) is 0 Å². The van der Waals surface area contributed by atoms with E-state index in [1.54, 1.807) is 37.4 Å². The van der Waals surface area contributed by atoms with E-state index in [-0.39, 0.29) is 5.57 Å². The number of rotatable bonds is 10. The number of methoxy groups -OCH3 is 1. The topological polar surface area (TPSA) is 92.6 Å². The molecule has 1 amide bonds. The third kappa shape index (κ3) is 6.14. The largest absolute Gasteiger partial charge is 0.872 e. The minimum atomic E-state index is -0.805. The van der Waals surface area contributed by atoms with Gasteiger partial charge in [0.1, 0.15) is 24.6 Å². The number of carbonyl (C=O) groups is 2. The quantitative estimate of drug-likeness (QED) is 0.295. The van der Waals surface area contributed by atoms with Gasteiger partial charge >= 0.3 is 0 Å². The standard InChI is InChI=1S/C29H36N2O6/c1-20(2)19-37-22-11-9-21(10-12-22)27(32)25-26(23-7-4-5-8-24(23)35-3)31(29(34)28(25)33)14-6-13-30-15-17-36-18-16-30/h4-5,7-12,20,26,32H,6,13-19H2,1-3H3/b27-25+. The Kier molecular flexibility index (Phi) is 8.84. The number of morpholine rings is 1. The molecule has 8 nitrogen and oxygen atoms in total. The number of ether oxygens (including phenoxy) is 3. The summed E-state index contributed by atoms with van der Waals surface area (Å²) in [5.74, 6) is -0.297. The zero-order valence-electron chi connectivity index (χ0n) is 21.8. The highest BCUT2D eigenvalue weighted by Gasteiger charge is 2.45. The first kappa shape index (κ1) is 26.7. The molecule has 2 aromatic carbocycles. The molecule has 0 saturated carbocycles. The number of nitrogens with zero attached hydrogens (tertiary/aromatic N) is 1. The number of likely N-dealkylation sites (tertiary alicyclic amines) is 1. The second-order valence-electron chi connectivity index (χ2n) is 9.91. The minimum Gasteiger partial charge on any atom is -0.872 e. The molecule has 2 aromatic rings. The number of hydrogen-bond donors (Lipinski definition) is 1. The first-order valence-electron chi connectivity index (χ1n) is 12.9. The summed E-state index contributed by atoms with van der Waals surface area (Å²) >= 11 is 0. The highest BCUT2D eigenvalue weighted by atomic mass is 16.5. The molecule has 1 atom stereocenters.